The molecule has 4 unspecified atom stereocenters. The van der Waals surface area contributed by atoms with Crippen LogP contribution in [0, 0.1) is 11.3 Å². The molecule has 0 amide bonds. The van der Waals surface area contributed by atoms with E-state index in [0.717, 1.165) is 24.9 Å². The van der Waals surface area contributed by atoms with Gasteiger partial charge in [-0.3, -0.25) is 4.79 Å². The van der Waals surface area contributed by atoms with Crippen molar-refractivity contribution in [3.63, 3.8) is 0 Å². The Morgan fingerprint density at radius 2 is 2.07 bits per heavy atom. The molecule has 2 bridgehead atoms. The highest BCUT2D eigenvalue weighted by atomic mass is 16.5. The van der Waals surface area contributed by atoms with Gasteiger partial charge in [0.25, 0.3) is 0 Å². The summed E-state index contributed by atoms with van der Waals surface area (Å²) in [5.41, 5.74) is 4.50. The van der Waals surface area contributed by atoms with Crippen LogP contribution < -0.4 is 5.32 Å². The first kappa shape index (κ1) is 16.8. The van der Waals surface area contributed by atoms with Gasteiger partial charge in [0.1, 0.15) is 0 Å². The Hall–Kier alpha value is -2.39. The van der Waals surface area contributed by atoms with Crippen LogP contribution >= 0.6 is 0 Å². The van der Waals surface area contributed by atoms with Gasteiger partial charge in [-0.2, -0.15) is 0 Å². The topological polar surface area (TPSA) is 38.3 Å². The van der Waals surface area contributed by atoms with Gasteiger partial charge in [-0.25, -0.2) is 0 Å². The first-order valence-corrected chi connectivity index (χ1v) is 9.80. The molecule has 0 radical (unpaired) electrons. The van der Waals surface area contributed by atoms with Crippen molar-refractivity contribution >= 4 is 12.0 Å². The molecule has 1 aliphatic heterocycles. The molecule has 138 valence electrons. The molecule has 3 nitrogen and oxygen atoms in total. The molecule has 1 heterocycles. The lowest BCUT2D eigenvalue weighted by Gasteiger charge is -2.59. The van der Waals surface area contributed by atoms with Gasteiger partial charge in [-0.15, -0.1) is 0 Å². The number of esters is 1. The van der Waals surface area contributed by atoms with Crippen LogP contribution in [0.4, 0.5) is 0 Å². The molecule has 2 fully saturated rings. The van der Waals surface area contributed by atoms with Crippen LogP contribution in [0.1, 0.15) is 41.0 Å². The van der Waals surface area contributed by atoms with Crippen LogP contribution in [0.5, 0.6) is 0 Å². The van der Waals surface area contributed by atoms with E-state index in [1.54, 1.807) is 0 Å². The number of carbonyl (C=O) groups excluding carboxylic acids is 1. The normalized spacial score (nSPS) is 33.2. The van der Waals surface area contributed by atoms with Crippen molar-refractivity contribution in [1.82, 2.24) is 5.32 Å². The molecule has 2 aromatic rings. The second-order valence-electron chi connectivity index (χ2n) is 8.19. The predicted molar refractivity (Wildman–Crippen MR) is 107 cm³/mol. The van der Waals surface area contributed by atoms with Gasteiger partial charge in [0.2, 0.25) is 0 Å². The lowest BCUT2D eigenvalue weighted by atomic mass is 9.42. The summed E-state index contributed by atoms with van der Waals surface area (Å²) < 4.78 is 5.40. The number of ether oxygens (including phenoxy) is 1. The SMILES string of the molecule is C=Cc1ccc2c(c1)C1CCC2(c2ccccc2)C2CNCC12C(=O)OC. The molecule has 1 saturated heterocycles. The van der Waals surface area contributed by atoms with Gasteiger partial charge < -0.3 is 10.1 Å². The van der Waals surface area contributed by atoms with Crippen LogP contribution in [-0.2, 0) is 14.9 Å². The largest absolute Gasteiger partial charge is 0.469 e. The molecule has 2 aromatic carbocycles. The fourth-order valence-electron chi connectivity index (χ4n) is 6.45. The summed E-state index contributed by atoms with van der Waals surface area (Å²) in [5, 5.41) is 3.56. The number of nitrogens with one attached hydrogen (secondary N) is 1. The van der Waals surface area contributed by atoms with Gasteiger partial charge in [-0.05, 0) is 35.1 Å². The number of carbonyl (C=O) groups is 1. The summed E-state index contributed by atoms with van der Waals surface area (Å²) >= 11 is 0. The average molecular weight is 359 g/mol. The van der Waals surface area contributed by atoms with Crippen molar-refractivity contribution < 1.29 is 9.53 Å². The molecular formula is C24H25NO2. The highest BCUT2D eigenvalue weighted by molar-refractivity contribution is 5.82. The van der Waals surface area contributed by atoms with Crippen LogP contribution in [0.2, 0.25) is 0 Å². The second kappa shape index (κ2) is 5.80. The fraction of sp³-hybridized carbons (Fsp3) is 0.375. The van der Waals surface area contributed by atoms with Crippen LogP contribution in [-0.4, -0.2) is 26.2 Å². The van der Waals surface area contributed by atoms with Crippen LogP contribution in [0.25, 0.3) is 6.08 Å². The van der Waals surface area contributed by atoms with Gasteiger partial charge in [0.15, 0.2) is 0 Å². The number of hydrogen-bond donors (Lipinski definition) is 1. The maximum absolute atomic E-state index is 13.2. The standard InChI is InChI=1S/C24H25NO2/c1-3-16-9-10-19-18(13-16)20-11-12-23(19,17-7-5-4-6-8-17)21-14-25-15-24(20,21)22(26)27-2/h3-10,13,20-21,25H,1,11-12,14-15H2,2H3. The van der Waals surface area contributed by atoms with Crippen molar-refractivity contribution in [1.29, 1.82) is 0 Å². The minimum absolute atomic E-state index is 0.0582. The molecule has 4 aliphatic rings. The molecule has 0 spiro atoms. The molecule has 6 rings (SSSR count). The minimum Gasteiger partial charge on any atom is -0.469 e. The Labute approximate surface area is 160 Å². The van der Waals surface area contributed by atoms with E-state index in [9.17, 15) is 4.79 Å². The fourth-order valence-corrected chi connectivity index (χ4v) is 6.45. The quantitative estimate of drug-likeness (QED) is 0.845. The van der Waals surface area contributed by atoms with E-state index >= 15 is 0 Å². The summed E-state index contributed by atoms with van der Waals surface area (Å²) in [7, 11) is 1.53. The first-order valence-electron chi connectivity index (χ1n) is 9.80. The van der Waals surface area contributed by atoms with E-state index in [2.05, 4.69) is 60.4 Å². The summed E-state index contributed by atoms with van der Waals surface area (Å²) in [4.78, 5) is 13.2. The Morgan fingerprint density at radius 1 is 1.26 bits per heavy atom. The van der Waals surface area contributed by atoms with E-state index in [1.807, 2.05) is 6.08 Å². The predicted octanol–water partition coefficient (Wildman–Crippen LogP) is 3.89. The highest BCUT2D eigenvalue weighted by Gasteiger charge is 2.69. The van der Waals surface area contributed by atoms with Crippen molar-refractivity contribution in [2.24, 2.45) is 11.3 Å². The monoisotopic (exact) mass is 359 g/mol. The van der Waals surface area contributed by atoms with E-state index in [0.29, 0.717) is 6.54 Å². The van der Waals surface area contributed by atoms with E-state index < -0.39 is 5.41 Å². The molecule has 1 saturated carbocycles. The number of fused-ring (bicyclic) bond motifs is 1. The molecule has 3 aliphatic carbocycles. The van der Waals surface area contributed by atoms with Crippen LogP contribution in [0.3, 0.4) is 0 Å². The Balaban J connectivity index is 1.85. The molecule has 0 aromatic heterocycles. The van der Waals surface area contributed by atoms with E-state index in [4.69, 9.17) is 4.74 Å². The third kappa shape index (κ3) is 1.93. The zero-order chi connectivity index (χ0) is 18.6. The molecule has 27 heavy (non-hydrogen) atoms. The van der Waals surface area contributed by atoms with Crippen molar-refractivity contribution in [3.05, 3.63) is 77.4 Å². The Bertz CT molecular complexity index is 921. The highest BCUT2D eigenvalue weighted by Crippen LogP contribution is 2.68. The van der Waals surface area contributed by atoms with Crippen molar-refractivity contribution in [2.45, 2.75) is 24.2 Å². The lowest BCUT2D eigenvalue weighted by molar-refractivity contribution is -0.161. The molecule has 3 heteroatoms. The third-order valence-electron chi connectivity index (χ3n) is 7.45. The number of benzene rings is 2. The van der Waals surface area contributed by atoms with Gasteiger partial charge in [0, 0.05) is 30.3 Å². The van der Waals surface area contributed by atoms with E-state index in [-0.39, 0.29) is 23.2 Å². The van der Waals surface area contributed by atoms with Gasteiger partial charge >= 0.3 is 5.97 Å². The summed E-state index contributed by atoms with van der Waals surface area (Å²) in [6, 6.07) is 17.5. The van der Waals surface area contributed by atoms with Gasteiger partial charge in [-0.1, -0.05) is 61.2 Å². The van der Waals surface area contributed by atoms with Gasteiger partial charge in [0.05, 0.1) is 12.5 Å². The molecule has 1 N–H and O–H groups in total. The zero-order valence-electron chi connectivity index (χ0n) is 15.7. The Kier molecular flexibility index (Phi) is 3.60. The number of rotatable bonds is 3. The lowest BCUT2D eigenvalue weighted by Crippen LogP contribution is -2.60. The van der Waals surface area contributed by atoms with Crippen molar-refractivity contribution in [2.75, 3.05) is 20.2 Å². The molecular weight excluding hydrogens is 334 g/mol. The summed E-state index contributed by atoms with van der Waals surface area (Å²) in [6.45, 7) is 5.49. The Morgan fingerprint density at radius 3 is 2.81 bits per heavy atom. The maximum Gasteiger partial charge on any atom is 0.314 e. The zero-order valence-corrected chi connectivity index (χ0v) is 15.7. The number of hydrogen-bond acceptors (Lipinski definition) is 3. The molecule has 4 atom stereocenters. The third-order valence-corrected chi connectivity index (χ3v) is 7.45. The summed E-state index contributed by atoms with van der Waals surface area (Å²) in [6.07, 6.45) is 3.98. The second-order valence-corrected chi connectivity index (χ2v) is 8.19. The van der Waals surface area contributed by atoms with Crippen molar-refractivity contribution in [3.8, 4) is 0 Å². The number of methoxy groups -OCH3 is 1. The average Bonchev–Trinajstić information content (AvgIpc) is 3.21. The summed E-state index contributed by atoms with van der Waals surface area (Å²) in [5.74, 6) is 0.350. The maximum atomic E-state index is 13.2. The van der Waals surface area contributed by atoms with Crippen LogP contribution in [0.15, 0.2) is 55.1 Å². The smallest absolute Gasteiger partial charge is 0.314 e. The minimum atomic E-state index is -0.490. The first-order chi connectivity index (χ1) is 13.2. The van der Waals surface area contributed by atoms with E-state index in [1.165, 1.54) is 23.8 Å².